The highest BCUT2D eigenvalue weighted by molar-refractivity contribution is 7.09. The summed E-state index contributed by atoms with van der Waals surface area (Å²) in [6.07, 6.45) is 3.54. The van der Waals surface area contributed by atoms with E-state index in [9.17, 15) is 0 Å². The average Bonchev–Trinajstić information content (AvgIpc) is 2.84. The van der Waals surface area contributed by atoms with Crippen molar-refractivity contribution in [1.29, 1.82) is 0 Å². The van der Waals surface area contributed by atoms with Crippen molar-refractivity contribution < 1.29 is 0 Å². The summed E-state index contributed by atoms with van der Waals surface area (Å²) in [5, 5.41) is 7.27. The quantitative estimate of drug-likeness (QED) is 0.898. The molecule has 1 N–H and O–H groups in total. The minimum atomic E-state index is 0.125. The fourth-order valence-corrected chi connectivity index (χ4v) is 3.86. The van der Waals surface area contributed by atoms with Crippen LogP contribution in [0.1, 0.15) is 50.7 Å². The van der Waals surface area contributed by atoms with Crippen LogP contribution in [0.3, 0.4) is 0 Å². The predicted octanol–water partition coefficient (Wildman–Crippen LogP) is 3.15. The molecule has 0 saturated carbocycles. The number of likely N-dealkylation sites (tertiary alicyclic amines) is 1. The Bertz CT molecular complexity index is 392. The van der Waals surface area contributed by atoms with Crippen molar-refractivity contribution in [2.24, 2.45) is 0 Å². The average molecular weight is 281 g/mol. The summed E-state index contributed by atoms with van der Waals surface area (Å²) in [7, 11) is 0. The standard InChI is InChI=1S/C15H27N3S/c1-5-8-16-15(14-17-13(4)11-19-14)6-9-18(10-7-15)12(2)3/h11-12,16H,5-10H2,1-4H3. The first-order valence-corrected chi connectivity index (χ1v) is 8.37. The van der Waals surface area contributed by atoms with Gasteiger partial charge in [0.15, 0.2) is 0 Å². The van der Waals surface area contributed by atoms with Crippen LogP contribution in [0.5, 0.6) is 0 Å². The van der Waals surface area contributed by atoms with E-state index in [4.69, 9.17) is 4.98 Å². The van der Waals surface area contributed by atoms with Crippen molar-refractivity contribution in [1.82, 2.24) is 15.2 Å². The van der Waals surface area contributed by atoms with Crippen LogP contribution in [0.25, 0.3) is 0 Å². The number of hydrogen-bond acceptors (Lipinski definition) is 4. The number of rotatable bonds is 5. The van der Waals surface area contributed by atoms with Gasteiger partial charge in [-0.3, -0.25) is 0 Å². The zero-order valence-corrected chi connectivity index (χ0v) is 13.5. The Balaban J connectivity index is 2.13. The van der Waals surface area contributed by atoms with Gasteiger partial charge in [-0.15, -0.1) is 11.3 Å². The van der Waals surface area contributed by atoms with E-state index in [1.54, 1.807) is 0 Å². The summed E-state index contributed by atoms with van der Waals surface area (Å²) in [5.74, 6) is 0. The third-order valence-electron chi connectivity index (χ3n) is 4.12. The molecule has 0 bridgehead atoms. The summed E-state index contributed by atoms with van der Waals surface area (Å²) in [6, 6.07) is 0.655. The molecule has 0 aromatic carbocycles. The van der Waals surface area contributed by atoms with Gasteiger partial charge in [0.05, 0.1) is 5.54 Å². The largest absolute Gasteiger partial charge is 0.305 e. The number of piperidine rings is 1. The van der Waals surface area contributed by atoms with Crippen LogP contribution in [0.2, 0.25) is 0 Å². The Morgan fingerprint density at radius 3 is 2.58 bits per heavy atom. The van der Waals surface area contributed by atoms with Crippen LogP contribution in [0.4, 0.5) is 0 Å². The highest BCUT2D eigenvalue weighted by Gasteiger charge is 2.38. The lowest BCUT2D eigenvalue weighted by Gasteiger charge is -2.42. The lowest BCUT2D eigenvalue weighted by molar-refractivity contribution is 0.109. The molecule has 0 unspecified atom stereocenters. The maximum atomic E-state index is 4.77. The Morgan fingerprint density at radius 2 is 2.11 bits per heavy atom. The van der Waals surface area contributed by atoms with Crippen molar-refractivity contribution in [2.75, 3.05) is 19.6 Å². The highest BCUT2D eigenvalue weighted by atomic mass is 32.1. The van der Waals surface area contributed by atoms with E-state index in [0.717, 1.165) is 12.2 Å². The third-order valence-corrected chi connectivity index (χ3v) is 5.29. The van der Waals surface area contributed by atoms with Gasteiger partial charge in [-0.2, -0.15) is 0 Å². The first-order valence-electron chi connectivity index (χ1n) is 7.49. The van der Waals surface area contributed by atoms with Gasteiger partial charge >= 0.3 is 0 Å². The van der Waals surface area contributed by atoms with Gasteiger partial charge in [-0.25, -0.2) is 4.98 Å². The summed E-state index contributed by atoms with van der Waals surface area (Å²) >= 11 is 1.82. The van der Waals surface area contributed by atoms with Gasteiger partial charge < -0.3 is 10.2 Å². The van der Waals surface area contributed by atoms with E-state index in [0.29, 0.717) is 6.04 Å². The Morgan fingerprint density at radius 1 is 1.42 bits per heavy atom. The number of aromatic nitrogens is 1. The second-order valence-corrected chi connectivity index (χ2v) is 6.79. The van der Waals surface area contributed by atoms with Crippen molar-refractivity contribution in [3.8, 4) is 0 Å². The van der Waals surface area contributed by atoms with Crippen molar-refractivity contribution in [2.45, 2.75) is 58.5 Å². The molecule has 0 amide bonds. The molecule has 1 fully saturated rings. The number of aryl methyl sites for hydroxylation is 1. The molecule has 0 aliphatic carbocycles. The molecule has 1 aromatic heterocycles. The summed E-state index contributed by atoms with van der Waals surface area (Å²) < 4.78 is 0. The second-order valence-electron chi connectivity index (χ2n) is 5.93. The Labute approximate surface area is 121 Å². The molecule has 0 atom stereocenters. The number of thiazole rings is 1. The third kappa shape index (κ3) is 3.36. The van der Waals surface area contributed by atoms with E-state index in [1.165, 1.54) is 37.4 Å². The normalized spacial score (nSPS) is 20.1. The van der Waals surface area contributed by atoms with Crippen LogP contribution in [-0.4, -0.2) is 35.6 Å². The van der Waals surface area contributed by atoms with Gasteiger partial charge in [-0.05, 0) is 46.6 Å². The van der Waals surface area contributed by atoms with Crippen molar-refractivity contribution in [3.05, 3.63) is 16.1 Å². The maximum Gasteiger partial charge on any atom is 0.113 e. The molecule has 0 radical (unpaired) electrons. The lowest BCUT2D eigenvalue weighted by atomic mass is 9.87. The molecule has 2 rings (SSSR count). The maximum absolute atomic E-state index is 4.77. The van der Waals surface area contributed by atoms with Crippen LogP contribution < -0.4 is 5.32 Å². The molecule has 4 heteroatoms. The molecule has 0 spiro atoms. The fourth-order valence-electron chi connectivity index (χ4n) is 2.83. The van der Waals surface area contributed by atoms with Gasteiger partial charge in [0, 0.05) is 30.2 Å². The molecule has 1 aliphatic rings. The minimum absolute atomic E-state index is 0.125. The van der Waals surface area contributed by atoms with Crippen LogP contribution >= 0.6 is 11.3 Å². The van der Waals surface area contributed by atoms with E-state index in [-0.39, 0.29) is 5.54 Å². The molecule has 2 heterocycles. The fraction of sp³-hybridized carbons (Fsp3) is 0.800. The zero-order valence-electron chi connectivity index (χ0n) is 12.7. The van der Waals surface area contributed by atoms with E-state index >= 15 is 0 Å². The SMILES string of the molecule is CCCNC1(c2nc(C)cs2)CCN(C(C)C)CC1. The number of nitrogens with one attached hydrogen (secondary N) is 1. The first kappa shape index (κ1) is 14.9. The summed E-state index contributed by atoms with van der Waals surface area (Å²) in [5.41, 5.74) is 1.28. The van der Waals surface area contributed by atoms with Crippen molar-refractivity contribution >= 4 is 11.3 Å². The predicted molar refractivity (Wildman–Crippen MR) is 82.8 cm³/mol. The van der Waals surface area contributed by atoms with Gasteiger partial charge in [-0.1, -0.05) is 6.92 Å². The molecule has 3 nitrogen and oxygen atoms in total. The van der Waals surface area contributed by atoms with E-state index in [1.807, 2.05) is 11.3 Å². The lowest BCUT2D eigenvalue weighted by Crippen LogP contribution is -2.52. The highest BCUT2D eigenvalue weighted by Crippen LogP contribution is 2.35. The van der Waals surface area contributed by atoms with Crippen LogP contribution in [0.15, 0.2) is 5.38 Å². The van der Waals surface area contributed by atoms with Crippen LogP contribution in [-0.2, 0) is 5.54 Å². The van der Waals surface area contributed by atoms with E-state index < -0.39 is 0 Å². The van der Waals surface area contributed by atoms with Gasteiger partial charge in [0.25, 0.3) is 0 Å². The zero-order chi connectivity index (χ0) is 13.9. The molecule has 1 aliphatic heterocycles. The van der Waals surface area contributed by atoms with Gasteiger partial charge in [0.2, 0.25) is 0 Å². The van der Waals surface area contributed by atoms with Crippen LogP contribution in [0, 0.1) is 6.92 Å². The minimum Gasteiger partial charge on any atom is -0.305 e. The Hall–Kier alpha value is -0.450. The summed E-state index contributed by atoms with van der Waals surface area (Å²) in [6.45, 7) is 12.3. The Kier molecular flexibility index (Phi) is 4.98. The molecule has 19 heavy (non-hydrogen) atoms. The molecular formula is C15H27N3S. The topological polar surface area (TPSA) is 28.2 Å². The van der Waals surface area contributed by atoms with Gasteiger partial charge in [0.1, 0.15) is 5.01 Å². The molecule has 108 valence electrons. The van der Waals surface area contributed by atoms with Crippen molar-refractivity contribution in [3.63, 3.8) is 0 Å². The first-order chi connectivity index (χ1) is 9.07. The smallest absolute Gasteiger partial charge is 0.113 e. The molecular weight excluding hydrogens is 254 g/mol. The monoisotopic (exact) mass is 281 g/mol. The summed E-state index contributed by atoms with van der Waals surface area (Å²) in [4.78, 5) is 7.34. The molecule has 1 aromatic rings. The number of nitrogens with zero attached hydrogens (tertiary/aromatic N) is 2. The molecule has 1 saturated heterocycles. The van der Waals surface area contributed by atoms with E-state index in [2.05, 4.69) is 43.3 Å². The second kappa shape index (κ2) is 6.33. The number of hydrogen-bond donors (Lipinski definition) is 1.